The van der Waals surface area contributed by atoms with Crippen LogP contribution >= 0.6 is 24.2 Å². The van der Waals surface area contributed by atoms with Crippen molar-refractivity contribution in [2.24, 2.45) is 5.73 Å². The van der Waals surface area contributed by atoms with Crippen molar-refractivity contribution in [3.63, 3.8) is 0 Å². The van der Waals surface area contributed by atoms with E-state index in [1.165, 1.54) is 7.11 Å². The molecule has 1 saturated carbocycles. The van der Waals surface area contributed by atoms with Crippen LogP contribution < -0.4 is 25.8 Å². The second kappa shape index (κ2) is 10.4. The highest BCUT2D eigenvalue weighted by Gasteiger charge is 2.23. The molecule has 1 aliphatic carbocycles. The normalized spacial score (nSPS) is 12.4. The number of nitrogens with zero attached hydrogens (tertiary/aromatic N) is 1. The van der Waals surface area contributed by atoms with Gasteiger partial charge in [-0.25, -0.2) is 4.79 Å². The number of carbonyl (C=O) groups is 2. The van der Waals surface area contributed by atoms with Crippen LogP contribution in [0.15, 0.2) is 42.6 Å². The summed E-state index contributed by atoms with van der Waals surface area (Å²) >= 11 is 9.83. The fraction of sp³-hybridized carbons (Fsp3) is 0.227. The molecule has 10 heteroatoms. The predicted octanol–water partition coefficient (Wildman–Crippen LogP) is 4.62. The van der Waals surface area contributed by atoms with Crippen molar-refractivity contribution in [1.82, 2.24) is 10.3 Å². The third-order valence-corrected chi connectivity index (χ3v) is 4.93. The number of rotatable bonds is 6. The average molecular weight is 475 g/mol. The Morgan fingerprint density at radius 1 is 1.16 bits per heavy atom. The van der Waals surface area contributed by atoms with E-state index in [1.54, 1.807) is 48.9 Å². The summed E-state index contributed by atoms with van der Waals surface area (Å²) in [5, 5.41) is 6.48. The van der Waals surface area contributed by atoms with E-state index >= 15 is 0 Å². The summed E-state index contributed by atoms with van der Waals surface area (Å²) in [6.45, 7) is 0. The van der Waals surface area contributed by atoms with Crippen molar-refractivity contribution in [3.05, 3.63) is 53.2 Å². The first kappa shape index (κ1) is 23.5. The number of primary amides is 1. The molecular formula is C22H23ClN4O4S. The van der Waals surface area contributed by atoms with Gasteiger partial charge in [0.05, 0.1) is 28.9 Å². The van der Waals surface area contributed by atoms with E-state index in [-0.39, 0.29) is 17.6 Å². The van der Waals surface area contributed by atoms with Gasteiger partial charge in [-0.15, -0.1) is 0 Å². The number of amides is 3. The van der Waals surface area contributed by atoms with Crippen molar-refractivity contribution in [3.8, 4) is 17.2 Å². The fourth-order valence-electron chi connectivity index (χ4n) is 2.96. The zero-order valence-corrected chi connectivity index (χ0v) is 19.2. The predicted molar refractivity (Wildman–Crippen MR) is 128 cm³/mol. The number of hydrogen-bond acceptors (Lipinski definition) is 6. The summed E-state index contributed by atoms with van der Waals surface area (Å²) in [5.74, 6) is 0.639. The Balaban J connectivity index is 0.00000141. The third kappa shape index (κ3) is 5.54. The lowest BCUT2D eigenvalue weighted by Crippen LogP contribution is -2.30. The standard InChI is InChI=1S/C21H19ClN4O4.CH4S/c1-29-19-10-17-13(9-14(19)20(23)27)18(6-7-24-17)30-12-4-5-16(15(22)8-12)26-21(28)25-11-2-3-11;1-2/h4-11H,2-3H2,1H3,(H2,23,27)(H2,25,26,28);2H,1H3. The summed E-state index contributed by atoms with van der Waals surface area (Å²) in [5.41, 5.74) is 6.73. The molecule has 0 saturated heterocycles. The minimum atomic E-state index is -0.619. The van der Waals surface area contributed by atoms with E-state index in [2.05, 4.69) is 28.2 Å². The van der Waals surface area contributed by atoms with Crippen LogP contribution in [-0.4, -0.2) is 36.3 Å². The third-order valence-electron chi connectivity index (χ3n) is 4.62. The number of pyridine rings is 1. The van der Waals surface area contributed by atoms with E-state index in [0.29, 0.717) is 38.9 Å². The Hall–Kier alpha value is -3.17. The molecule has 3 aromatic rings. The van der Waals surface area contributed by atoms with Crippen LogP contribution in [0.3, 0.4) is 0 Å². The van der Waals surface area contributed by atoms with E-state index < -0.39 is 5.91 Å². The zero-order valence-electron chi connectivity index (χ0n) is 17.5. The number of benzene rings is 2. The maximum Gasteiger partial charge on any atom is 0.319 e. The number of halogens is 1. The molecule has 168 valence electrons. The number of aromatic nitrogens is 1. The highest BCUT2D eigenvalue weighted by Crippen LogP contribution is 2.35. The number of hydrogen-bond donors (Lipinski definition) is 4. The van der Waals surface area contributed by atoms with Crippen LogP contribution in [-0.2, 0) is 0 Å². The van der Waals surface area contributed by atoms with Gasteiger partial charge in [0, 0.05) is 29.8 Å². The topological polar surface area (TPSA) is 116 Å². The van der Waals surface area contributed by atoms with E-state index in [1.807, 2.05) is 0 Å². The number of ether oxygens (including phenoxy) is 2. The number of nitrogens with two attached hydrogens (primary N) is 1. The largest absolute Gasteiger partial charge is 0.496 e. The maximum atomic E-state index is 11.9. The molecule has 3 amide bonds. The highest BCUT2D eigenvalue weighted by atomic mass is 35.5. The molecule has 0 atom stereocenters. The second-order valence-electron chi connectivity index (χ2n) is 6.86. The second-order valence-corrected chi connectivity index (χ2v) is 7.27. The lowest BCUT2D eigenvalue weighted by molar-refractivity contribution is 0.0997. The minimum absolute atomic E-state index is 0.224. The molecule has 0 unspecified atom stereocenters. The number of methoxy groups -OCH3 is 1. The zero-order chi connectivity index (χ0) is 23.3. The van der Waals surface area contributed by atoms with Crippen LogP contribution in [0.4, 0.5) is 10.5 Å². The van der Waals surface area contributed by atoms with Gasteiger partial charge in [-0.2, -0.15) is 12.6 Å². The molecule has 4 N–H and O–H groups in total. The van der Waals surface area contributed by atoms with Gasteiger partial charge >= 0.3 is 6.03 Å². The lowest BCUT2D eigenvalue weighted by atomic mass is 10.1. The molecule has 1 aromatic heterocycles. The molecule has 2 aromatic carbocycles. The molecule has 0 bridgehead atoms. The molecule has 1 heterocycles. The molecule has 1 fully saturated rings. The van der Waals surface area contributed by atoms with Gasteiger partial charge in [-0.05, 0) is 43.4 Å². The molecule has 0 aliphatic heterocycles. The van der Waals surface area contributed by atoms with Crippen LogP contribution in [0, 0.1) is 0 Å². The van der Waals surface area contributed by atoms with Crippen molar-refractivity contribution in [2.45, 2.75) is 18.9 Å². The van der Waals surface area contributed by atoms with Crippen LogP contribution in [0.2, 0.25) is 5.02 Å². The number of fused-ring (bicyclic) bond motifs is 1. The van der Waals surface area contributed by atoms with Crippen LogP contribution in [0.5, 0.6) is 17.2 Å². The van der Waals surface area contributed by atoms with Crippen molar-refractivity contribution in [2.75, 3.05) is 18.7 Å². The molecule has 1 aliphatic rings. The summed E-state index contributed by atoms with van der Waals surface area (Å²) < 4.78 is 11.2. The van der Waals surface area contributed by atoms with E-state index in [4.69, 9.17) is 26.8 Å². The smallest absolute Gasteiger partial charge is 0.319 e. The number of thiol groups is 1. The first-order valence-electron chi connectivity index (χ1n) is 9.71. The summed E-state index contributed by atoms with van der Waals surface area (Å²) in [6.07, 6.45) is 5.27. The van der Waals surface area contributed by atoms with Crippen molar-refractivity contribution < 1.29 is 19.1 Å². The quantitative estimate of drug-likeness (QED) is 0.389. The summed E-state index contributed by atoms with van der Waals surface area (Å²) in [7, 11) is 1.45. The molecule has 8 nitrogen and oxygen atoms in total. The number of carbonyl (C=O) groups excluding carboxylic acids is 2. The Labute approximate surface area is 195 Å². The average Bonchev–Trinajstić information content (AvgIpc) is 3.60. The Kier molecular flexibility index (Phi) is 7.66. The molecule has 0 radical (unpaired) electrons. The maximum absolute atomic E-state index is 11.9. The van der Waals surface area contributed by atoms with Crippen LogP contribution in [0.1, 0.15) is 23.2 Å². The Morgan fingerprint density at radius 3 is 2.53 bits per heavy atom. The van der Waals surface area contributed by atoms with Gasteiger partial charge in [0.15, 0.2) is 0 Å². The monoisotopic (exact) mass is 474 g/mol. The summed E-state index contributed by atoms with van der Waals surface area (Å²) in [6, 6.07) is 9.77. The Bertz CT molecular complexity index is 1150. The molecule has 4 rings (SSSR count). The number of anilines is 1. The Morgan fingerprint density at radius 2 is 1.91 bits per heavy atom. The van der Waals surface area contributed by atoms with Gasteiger partial charge in [0.1, 0.15) is 17.2 Å². The van der Waals surface area contributed by atoms with Gasteiger partial charge in [0.2, 0.25) is 0 Å². The number of urea groups is 1. The lowest BCUT2D eigenvalue weighted by Gasteiger charge is -2.13. The molecule has 0 spiro atoms. The minimum Gasteiger partial charge on any atom is -0.496 e. The van der Waals surface area contributed by atoms with Crippen molar-refractivity contribution in [1.29, 1.82) is 0 Å². The van der Waals surface area contributed by atoms with Crippen molar-refractivity contribution >= 4 is 52.8 Å². The molecular weight excluding hydrogens is 452 g/mol. The van der Waals surface area contributed by atoms with E-state index in [9.17, 15) is 9.59 Å². The first-order chi connectivity index (χ1) is 15.4. The van der Waals surface area contributed by atoms with Crippen LogP contribution in [0.25, 0.3) is 10.9 Å². The molecule has 32 heavy (non-hydrogen) atoms. The first-order valence-corrected chi connectivity index (χ1v) is 11.0. The highest BCUT2D eigenvalue weighted by molar-refractivity contribution is 7.79. The van der Waals surface area contributed by atoms with Gasteiger partial charge in [0.25, 0.3) is 5.91 Å². The van der Waals surface area contributed by atoms with Gasteiger partial charge in [-0.3, -0.25) is 9.78 Å². The van der Waals surface area contributed by atoms with E-state index in [0.717, 1.165) is 12.8 Å². The SMILES string of the molecule is COc1cc2nccc(Oc3ccc(NC(=O)NC4CC4)c(Cl)c3)c2cc1C(N)=O.CS. The number of nitrogens with one attached hydrogen (secondary N) is 2. The van der Waals surface area contributed by atoms with Gasteiger partial charge < -0.3 is 25.8 Å². The van der Waals surface area contributed by atoms with Gasteiger partial charge in [-0.1, -0.05) is 11.6 Å². The fourth-order valence-corrected chi connectivity index (χ4v) is 3.18. The summed E-state index contributed by atoms with van der Waals surface area (Å²) in [4.78, 5) is 28.0.